The van der Waals surface area contributed by atoms with Crippen molar-refractivity contribution < 1.29 is 4.79 Å². The van der Waals surface area contributed by atoms with Crippen LogP contribution in [-0.2, 0) is 0 Å². The molecule has 28 heavy (non-hydrogen) atoms. The van der Waals surface area contributed by atoms with E-state index in [1.165, 1.54) is 4.70 Å². The lowest BCUT2D eigenvalue weighted by atomic mass is 9.82. The van der Waals surface area contributed by atoms with Crippen LogP contribution in [0, 0.1) is 5.92 Å². The summed E-state index contributed by atoms with van der Waals surface area (Å²) in [6, 6.07) is 13.1. The van der Waals surface area contributed by atoms with E-state index in [0.29, 0.717) is 21.5 Å². The molecule has 4 nitrogen and oxygen atoms in total. The maximum atomic E-state index is 12.5. The topological polar surface area (TPSA) is 68.0 Å². The Bertz CT molecular complexity index is 965. The fourth-order valence-electron chi connectivity index (χ4n) is 3.79. The first kappa shape index (κ1) is 19.6. The van der Waals surface area contributed by atoms with Gasteiger partial charge in [0, 0.05) is 11.1 Å². The number of amides is 1. The molecule has 0 aliphatic heterocycles. The lowest BCUT2D eigenvalue weighted by molar-refractivity contribution is 0.0920. The van der Waals surface area contributed by atoms with E-state index in [9.17, 15) is 4.79 Å². The molecule has 1 aliphatic carbocycles. The highest BCUT2D eigenvalue weighted by Crippen LogP contribution is 2.36. The molecule has 3 N–H and O–H groups in total. The van der Waals surface area contributed by atoms with Gasteiger partial charge in [0.2, 0.25) is 0 Å². The molecule has 1 atom stereocenters. The Labute approximate surface area is 178 Å². The number of carbonyl (C=O) groups excluding carboxylic acids is 1. The molecule has 2 aromatic carbocycles. The van der Waals surface area contributed by atoms with Crippen LogP contribution in [0.2, 0.25) is 10.0 Å². The molecule has 7 heteroatoms. The maximum Gasteiger partial charge on any atom is 0.253 e. The van der Waals surface area contributed by atoms with Gasteiger partial charge in [0.05, 0.1) is 26.8 Å². The van der Waals surface area contributed by atoms with E-state index < -0.39 is 0 Å². The third-order valence-electron chi connectivity index (χ3n) is 5.38. The third kappa shape index (κ3) is 4.18. The number of benzene rings is 2. The number of thiazole rings is 1. The predicted octanol–water partition coefficient (Wildman–Crippen LogP) is 5.59. The van der Waals surface area contributed by atoms with Crippen molar-refractivity contribution in [3.8, 4) is 0 Å². The third-order valence-corrected chi connectivity index (χ3v) is 7.09. The van der Waals surface area contributed by atoms with Crippen LogP contribution in [-0.4, -0.2) is 16.9 Å². The van der Waals surface area contributed by atoms with Crippen molar-refractivity contribution in [3.63, 3.8) is 0 Å². The Balaban J connectivity index is 1.36. The number of para-hydroxylation sites is 1. The lowest BCUT2D eigenvalue weighted by Crippen LogP contribution is -2.39. The molecule has 0 radical (unpaired) electrons. The van der Waals surface area contributed by atoms with E-state index in [1.807, 2.05) is 18.2 Å². The number of halogens is 2. The molecule has 1 aliphatic rings. The van der Waals surface area contributed by atoms with Gasteiger partial charge in [-0.15, -0.1) is 11.3 Å². The van der Waals surface area contributed by atoms with Crippen molar-refractivity contribution in [2.24, 2.45) is 11.7 Å². The number of aromatic nitrogens is 1. The van der Waals surface area contributed by atoms with Gasteiger partial charge in [0.25, 0.3) is 5.91 Å². The second kappa shape index (κ2) is 8.37. The molecule has 1 saturated carbocycles. The number of hydrogen-bond donors (Lipinski definition) is 2. The van der Waals surface area contributed by atoms with Crippen LogP contribution in [0.25, 0.3) is 10.2 Å². The van der Waals surface area contributed by atoms with Crippen molar-refractivity contribution in [2.75, 3.05) is 0 Å². The fraction of sp³-hybridized carbons (Fsp3) is 0.333. The van der Waals surface area contributed by atoms with Crippen LogP contribution in [0.5, 0.6) is 0 Å². The molecule has 1 unspecified atom stereocenters. The summed E-state index contributed by atoms with van der Waals surface area (Å²) in [6.07, 6.45) is 3.72. The van der Waals surface area contributed by atoms with Gasteiger partial charge in [0.1, 0.15) is 5.01 Å². The molecule has 1 heterocycles. The van der Waals surface area contributed by atoms with Gasteiger partial charge in [-0.25, -0.2) is 4.98 Å². The highest BCUT2D eigenvalue weighted by Gasteiger charge is 2.29. The number of carbonyl (C=O) groups is 1. The van der Waals surface area contributed by atoms with Crippen LogP contribution in [0.1, 0.15) is 47.1 Å². The Morgan fingerprint density at radius 3 is 2.64 bits per heavy atom. The second-order valence-corrected chi connectivity index (χ2v) is 9.16. The predicted molar refractivity (Wildman–Crippen MR) is 116 cm³/mol. The Morgan fingerprint density at radius 1 is 1.14 bits per heavy atom. The molecule has 3 aromatic rings. The number of fused-ring (bicyclic) bond motifs is 1. The standard InChI is InChI=1S/C21H21Cl2N3OS/c22-13-7-10-16(23)15(11-13)20(27)25-14-8-5-12(6-9-14)19(24)21-26-17-3-1-2-4-18(17)28-21/h1-4,7,10-12,14,19H,5-6,8-9,24H2,(H,25,27). The Kier molecular flexibility index (Phi) is 5.88. The minimum atomic E-state index is -0.175. The summed E-state index contributed by atoms with van der Waals surface area (Å²) in [5.74, 6) is 0.204. The van der Waals surface area contributed by atoms with Crippen LogP contribution < -0.4 is 11.1 Å². The average molecular weight is 434 g/mol. The number of nitrogens with two attached hydrogens (primary N) is 1. The average Bonchev–Trinajstić information content (AvgIpc) is 3.14. The van der Waals surface area contributed by atoms with Crippen LogP contribution >= 0.6 is 34.5 Å². The van der Waals surface area contributed by atoms with Crippen molar-refractivity contribution in [1.82, 2.24) is 10.3 Å². The quantitative estimate of drug-likeness (QED) is 0.562. The molecule has 4 rings (SSSR count). The first-order valence-corrected chi connectivity index (χ1v) is 11.0. The smallest absolute Gasteiger partial charge is 0.253 e. The molecule has 0 bridgehead atoms. The van der Waals surface area contributed by atoms with E-state index in [1.54, 1.807) is 29.5 Å². The first-order chi connectivity index (χ1) is 13.5. The normalized spacial score (nSPS) is 20.8. The monoisotopic (exact) mass is 433 g/mol. The van der Waals surface area contributed by atoms with Crippen molar-refractivity contribution in [2.45, 2.75) is 37.8 Å². The zero-order valence-electron chi connectivity index (χ0n) is 15.2. The van der Waals surface area contributed by atoms with Gasteiger partial charge >= 0.3 is 0 Å². The lowest BCUT2D eigenvalue weighted by Gasteiger charge is -2.31. The number of hydrogen-bond acceptors (Lipinski definition) is 4. The maximum absolute atomic E-state index is 12.5. The van der Waals surface area contributed by atoms with Gasteiger partial charge in [-0.2, -0.15) is 0 Å². The molecule has 0 spiro atoms. The first-order valence-electron chi connectivity index (χ1n) is 9.38. The molecule has 0 saturated heterocycles. The minimum absolute atomic E-state index is 0.0589. The highest BCUT2D eigenvalue weighted by atomic mass is 35.5. The van der Waals surface area contributed by atoms with E-state index in [4.69, 9.17) is 33.9 Å². The van der Waals surface area contributed by atoms with Gasteiger partial charge in [-0.05, 0) is 61.9 Å². The summed E-state index contributed by atoms with van der Waals surface area (Å²) in [6.45, 7) is 0. The van der Waals surface area contributed by atoms with Crippen LogP contribution in [0.3, 0.4) is 0 Å². The van der Waals surface area contributed by atoms with E-state index in [-0.39, 0.29) is 18.0 Å². The van der Waals surface area contributed by atoms with Crippen molar-refractivity contribution in [1.29, 1.82) is 0 Å². The zero-order chi connectivity index (χ0) is 19.7. The summed E-state index contributed by atoms with van der Waals surface area (Å²) >= 11 is 13.8. The van der Waals surface area contributed by atoms with Crippen LogP contribution in [0.15, 0.2) is 42.5 Å². The Morgan fingerprint density at radius 2 is 1.89 bits per heavy atom. The van der Waals surface area contributed by atoms with Gasteiger partial charge < -0.3 is 11.1 Å². The minimum Gasteiger partial charge on any atom is -0.349 e. The Hall–Kier alpha value is -1.66. The second-order valence-electron chi connectivity index (χ2n) is 7.25. The van der Waals surface area contributed by atoms with Crippen molar-refractivity contribution in [3.05, 3.63) is 63.1 Å². The largest absolute Gasteiger partial charge is 0.349 e. The zero-order valence-corrected chi connectivity index (χ0v) is 17.5. The highest BCUT2D eigenvalue weighted by molar-refractivity contribution is 7.18. The van der Waals surface area contributed by atoms with Gasteiger partial charge in [-0.3, -0.25) is 4.79 Å². The van der Waals surface area contributed by atoms with E-state index >= 15 is 0 Å². The van der Waals surface area contributed by atoms with Crippen molar-refractivity contribution >= 4 is 50.7 Å². The molecular weight excluding hydrogens is 413 g/mol. The molecule has 146 valence electrons. The van der Waals surface area contributed by atoms with E-state index in [2.05, 4.69) is 11.4 Å². The van der Waals surface area contributed by atoms with Crippen LogP contribution in [0.4, 0.5) is 0 Å². The number of rotatable bonds is 4. The molecular formula is C21H21Cl2N3OS. The SMILES string of the molecule is NC(c1nc2ccccc2s1)C1CCC(NC(=O)c2cc(Cl)ccc2Cl)CC1. The molecule has 1 fully saturated rings. The summed E-state index contributed by atoms with van der Waals surface area (Å²) in [7, 11) is 0. The van der Waals surface area contributed by atoms with Gasteiger partial charge in [-0.1, -0.05) is 35.3 Å². The molecule has 1 aromatic heterocycles. The van der Waals surface area contributed by atoms with E-state index in [0.717, 1.165) is 36.2 Å². The summed E-state index contributed by atoms with van der Waals surface area (Å²) in [5.41, 5.74) is 7.97. The number of nitrogens with zero attached hydrogens (tertiary/aromatic N) is 1. The summed E-state index contributed by atoms with van der Waals surface area (Å²) in [5, 5.41) is 5.00. The summed E-state index contributed by atoms with van der Waals surface area (Å²) < 4.78 is 1.17. The fourth-order valence-corrected chi connectivity index (χ4v) is 5.23. The van der Waals surface area contributed by atoms with Gasteiger partial charge in [0.15, 0.2) is 0 Å². The number of nitrogens with one attached hydrogen (secondary N) is 1. The summed E-state index contributed by atoms with van der Waals surface area (Å²) in [4.78, 5) is 17.2. The molecule has 1 amide bonds.